The first-order chi connectivity index (χ1) is 7.15. The van der Waals surface area contributed by atoms with Crippen LogP contribution in [0.25, 0.3) is 16.5 Å². The first kappa shape index (κ1) is 11.6. The summed E-state index contributed by atoms with van der Waals surface area (Å²) < 4.78 is 13.3. The number of hydrogen-bond donors (Lipinski definition) is 0. The van der Waals surface area contributed by atoms with Crippen LogP contribution in [0.1, 0.15) is 11.1 Å². The van der Waals surface area contributed by atoms with Crippen molar-refractivity contribution in [1.29, 1.82) is 0 Å². The van der Waals surface area contributed by atoms with Crippen molar-refractivity contribution < 1.29 is 4.39 Å². The predicted octanol–water partition coefficient (Wildman–Crippen LogP) is 4.11. The molecular weight excluding hydrogens is 217 g/mol. The lowest BCUT2D eigenvalue weighted by atomic mass is 10.1. The van der Waals surface area contributed by atoms with Gasteiger partial charge in [-0.05, 0) is 30.2 Å². The summed E-state index contributed by atoms with van der Waals surface area (Å²) in [7, 11) is 0. The quantitative estimate of drug-likeness (QED) is 0.422. The lowest BCUT2D eigenvalue weighted by Gasteiger charge is -2.01. The van der Waals surface area contributed by atoms with Gasteiger partial charge in [0.05, 0.1) is 0 Å². The third-order valence-electron chi connectivity index (χ3n) is 1.83. The number of nitrogens with zero attached hydrogens (tertiary/aromatic N) is 3. The van der Waals surface area contributed by atoms with E-state index in [0.29, 0.717) is 10.6 Å². The van der Waals surface area contributed by atoms with Gasteiger partial charge in [0.25, 0.3) is 0 Å². The Morgan fingerprint density at radius 3 is 3.00 bits per heavy atom. The number of rotatable bonds is 3. The van der Waals surface area contributed by atoms with E-state index in [1.54, 1.807) is 25.1 Å². The molecule has 15 heavy (non-hydrogen) atoms. The van der Waals surface area contributed by atoms with E-state index in [1.165, 1.54) is 6.07 Å². The van der Waals surface area contributed by atoms with Crippen LogP contribution in [0.3, 0.4) is 0 Å². The summed E-state index contributed by atoms with van der Waals surface area (Å²) in [6.07, 6.45) is 3.15. The van der Waals surface area contributed by atoms with E-state index in [1.807, 2.05) is 0 Å². The van der Waals surface area contributed by atoms with E-state index in [-0.39, 0.29) is 12.4 Å². The maximum atomic E-state index is 13.3. The summed E-state index contributed by atoms with van der Waals surface area (Å²) in [4.78, 5) is 2.58. The maximum Gasteiger partial charge on any atom is 0.131 e. The van der Waals surface area contributed by atoms with E-state index >= 15 is 0 Å². The highest BCUT2D eigenvalue weighted by Gasteiger charge is 2.02. The van der Waals surface area contributed by atoms with Gasteiger partial charge in [-0.2, -0.15) is 0 Å². The van der Waals surface area contributed by atoms with Crippen LogP contribution in [-0.2, 0) is 0 Å². The Balaban J connectivity index is 2.90. The van der Waals surface area contributed by atoms with E-state index in [0.717, 1.165) is 5.56 Å². The van der Waals surface area contributed by atoms with Crippen molar-refractivity contribution in [3.05, 3.63) is 50.6 Å². The molecule has 1 aromatic rings. The molecule has 3 nitrogen and oxygen atoms in total. The fourth-order valence-electron chi connectivity index (χ4n) is 1.07. The highest BCUT2D eigenvalue weighted by atomic mass is 35.5. The van der Waals surface area contributed by atoms with E-state index in [2.05, 4.69) is 10.0 Å². The number of halogens is 2. The van der Waals surface area contributed by atoms with Crippen LogP contribution >= 0.6 is 11.6 Å². The van der Waals surface area contributed by atoms with Gasteiger partial charge in [-0.3, -0.25) is 0 Å². The second-order valence-electron chi connectivity index (χ2n) is 2.94. The van der Waals surface area contributed by atoms with Crippen molar-refractivity contribution in [3.63, 3.8) is 0 Å². The lowest BCUT2D eigenvalue weighted by Crippen LogP contribution is -1.85. The molecule has 0 aromatic heterocycles. The molecule has 0 amide bonds. The number of hydrogen-bond acceptors (Lipinski definition) is 1. The molecule has 1 rings (SSSR count). The average molecular weight is 226 g/mol. The fourth-order valence-corrected chi connectivity index (χ4v) is 1.22. The van der Waals surface area contributed by atoms with E-state index in [4.69, 9.17) is 17.1 Å². The molecule has 0 radical (unpaired) electrons. The summed E-state index contributed by atoms with van der Waals surface area (Å²) in [6.45, 7) is 2.00. The molecule has 0 atom stereocenters. The molecule has 0 bridgehead atoms. The first-order valence-electron chi connectivity index (χ1n) is 4.28. The molecule has 0 heterocycles. The number of azide groups is 1. The lowest BCUT2D eigenvalue weighted by molar-refractivity contribution is 0.624. The van der Waals surface area contributed by atoms with Gasteiger partial charge < -0.3 is 0 Å². The van der Waals surface area contributed by atoms with Gasteiger partial charge in [0.2, 0.25) is 0 Å². The molecule has 0 spiro atoms. The Morgan fingerprint density at radius 1 is 1.60 bits per heavy atom. The van der Waals surface area contributed by atoms with Gasteiger partial charge in [-0.25, -0.2) is 4.39 Å². The van der Waals surface area contributed by atoms with Crippen LogP contribution < -0.4 is 0 Å². The van der Waals surface area contributed by atoms with Crippen LogP contribution in [0.2, 0.25) is 5.02 Å². The maximum absolute atomic E-state index is 13.3. The van der Waals surface area contributed by atoms with Gasteiger partial charge in [-0.15, -0.1) is 0 Å². The Morgan fingerprint density at radius 2 is 2.33 bits per heavy atom. The average Bonchev–Trinajstić information content (AvgIpc) is 2.20. The van der Waals surface area contributed by atoms with Gasteiger partial charge in [0, 0.05) is 22.0 Å². The van der Waals surface area contributed by atoms with Crippen molar-refractivity contribution in [3.8, 4) is 0 Å². The molecule has 0 saturated heterocycles. The predicted molar refractivity (Wildman–Crippen MR) is 59.2 cm³/mol. The summed E-state index contributed by atoms with van der Waals surface area (Å²) in [5, 5.41) is 3.70. The molecule has 0 N–H and O–H groups in total. The summed E-state index contributed by atoms with van der Waals surface area (Å²) in [5.41, 5.74) is 9.27. The van der Waals surface area contributed by atoms with E-state index < -0.39 is 0 Å². The molecule has 0 aliphatic heterocycles. The molecule has 0 saturated carbocycles. The SMILES string of the molecule is Cc1cc(C=CCN=[N+]=[N-])c(F)cc1Cl. The minimum Gasteiger partial charge on any atom is -0.206 e. The van der Waals surface area contributed by atoms with Crippen LogP contribution in [0, 0.1) is 12.7 Å². The van der Waals surface area contributed by atoms with Gasteiger partial charge >= 0.3 is 0 Å². The molecular formula is C10H9ClFN3. The normalized spacial score (nSPS) is 10.3. The van der Waals surface area contributed by atoms with Crippen molar-refractivity contribution in [2.24, 2.45) is 5.11 Å². The van der Waals surface area contributed by atoms with Crippen LogP contribution in [0.4, 0.5) is 4.39 Å². The Labute approximate surface area is 91.8 Å². The van der Waals surface area contributed by atoms with Crippen molar-refractivity contribution in [2.45, 2.75) is 6.92 Å². The Kier molecular flexibility index (Phi) is 4.16. The second-order valence-corrected chi connectivity index (χ2v) is 3.35. The standard InChI is InChI=1S/C10H9ClFN3/c1-7-5-8(3-2-4-14-15-13)10(12)6-9(7)11/h2-3,5-6H,4H2,1H3. The van der Waals surface area contributed by atoms with Crippen molar-refractivity contribution in [2.75, 3.05) is 6.54 Å². The van der Waals surface area contributed by atoms with Crippen molar-refractivity contribution >= 4 is 17.7 Å². The third kappa shape index (κ3) is 3.27. The number of benzene rings is 1. The van der Waals surface area contributed by atoms with Crippen LogP contribution in [0.5, 0.6) is 0 Å². The van der Waals surface area contributed by atoms with Gasteiger partial charge in [0.15, 0.2) is 0 Å². The second kappa shape index (κ2) is 5.39. The minimum atomic E-state index is -0.386. The molecule has 0 aliphatic rings. The van der Waals surface area contributed by atoms with Crippen LogP contribution in [0.15, 0.2) is 23.3 Å². The smallest absolute Gasteiger partial charge is 0.131 e. The highest BCUT2D eigenvalue weighted by molar-refractivity contribution is 6.31. The summed E-state index contributed by atoms with van der Waals surface area (Å²) in [5.74, 6) is -0.386. The van der Waals surface area contributed by atoms with Crippen molar-refractivity contribution in [1.82, 2.24) is 0 Å². The zero-order valence-corrected chi connectivity index (χ0v) is 8.87. The molecule has 0 fully saturated rings. The van der Waals surface area contributed by atoms with Gasteiger partial charge in [-0.1, -0.05) is 28.9 Å². The fraction of sp³-hybridized carbons (Fsp3) is 0.200. The largest absolute Gasteiger partial charge is 0.206 e. The highest BCUT2D eigenvalue weighted by Crippen LogP contribution is 2.20. The third-order valence-corrected chi connectivity index (χ3v) is 2.23. The summed E-state index contributed by atoms with van der Waals surface area (Å²) in [6, 6.07) is 2.91. The number of aryl methyl sites for hydroxylation is 1. The molecule has 1 aromatic carbocycles. The molecule has 0 aliphatic carbocycles. The zero-order chi connectivity index (χ0) is 11.3. The monoisotopic (exact) mass is 225 g/mol. The Hall–Kier alpha value is -1.51. The topological polar surface area (TPSA) is 48.8 Å². The minimum absolute atomic E-state index is 0.206. The first-order valence-corrected chi connectivity index (χ1v) is 4.66. The molecule has 78 valence electrons. The Bertz CT molecular complexity index is 437. The van der Waals surface area contributed by atoms with Crippen LogP contribution in [-0.4, -0.2) is 6.54 Å². The molecule has 5 heteroatoms. The summed E-state index contributed by atoms with van der Waals surface area (Å²) >= 11 is 5.74. The van der Waals surface area contributed by atoms with Gasteiger partial charge in [0.1, 0.15) is 5.82 Å². The molecule has 0 unspecified atom stereocenters. The van der Waals surface area contributed by atoms with E-state index in [9.17, 15) is 4.39 Å². The zero-order valence-electron chi connectivity index (χ0n) is 8.11.